The minimum absolute atomic E-state index is 0.0781. The Morgan fingerprint density at radius 1 is 1.30 bits per heavy atom. The lowest BCUT2D eigenvalue weighted by molar-refractivity contribution is -0.138. The fourth-order valence-corrected chi connectivity index (χ4v) is 2.83. The number of nitrogens with one attached hydrogen (secondary N) is 1. The predicted molar refractivity (Wildman–Crippen MR) is 73.8 cm³/mol. The Kier molecular flexibility index (Phi) is 3.97. The highest BCUT2D eigenvalue weighted by atomic mass is 16.4. The summed E-state index contributed by atoms with van der Waals surface area (Å²) >= 11 is 0. The molecular formula is C15H19NO4. The van der Waals surface area contributed by atoms with Gasteiger partial charge in [0.15, 0.2) is 0 Å². The number of hydrogen-bond acceptors (Lipinski definition) is 3. The molecule has 0 bridgehead atoms. The summed E-state index contributed by atoms with van der Waals surface area (Å²) in [5.41, 5.74) is 0.382. The first-order chi connectivity index (χ1) is 9.42. The van der Waals surface area contributed by atoms with Crippen LogP contribution in [0.3, 0.4) is 0 Å². The van der Waals surface area contributed by atoms with Gasteiger partial charge in [-0.2, -0.15) is 0 Å². The van der Waals surface area contributed by atoms with Gasteiger partial charge < -0.3 is 15.5 Å². The van der Waals surface area contributed by atoms with Gasteiger partial charge in [-0.25, -0.2) is 0 Å². The van der Waals surface area contributed by atoms with Gasteiger partial charge in [-0.05, 0) is 31.9 Å². The number of carboxylic acids is 1. The van der Waals surface area contributed by atoms with Crippen molar-refractivity contribution < 1.29 is 19.8 Å². The van der Waals surface area contributed by atoms with E-state index >= 15 is 0 Å². The lowest BCUT2D eigenvalue weighted by atomic mass is 9.92. The van der Waals surface area contributed by atoms with Crippen LogP contribution >= 0.6 is 0 Å². The molecular weight excluding hydrogens is 258 g/mol. The van der Waals surface area contributed by atoms with Crippen LogP contribution in [-0.2, 0) is 4.79 Å². The van der Waals surface area contributed by atoms with Crippen LogP contribution in [-0.4, -0.2) is 27.6 Å². The summed E-state index contributed by atoms with van der Waals surface area (Å²) in [4.78, 5) is 23.3. The molecule has 1 amide bonds. The summed E-state index contributed by atoms with van der Waals surface area (Å²) in [6.07, 6.45) is 3.07. The summed E-state index contributed by atoms with van der Waals surface area (Å²) < 4.78 is 0. The maximum Gasteiger partial charge on any atom is 0.305 e. The van der Waals surface area contributed by atoms with E-state index in [1.54, 1.807) is 12.1 Å². The third-order valence-electron chi connectivity index (χ3n) is 3.83. The van der Waals surface area contributed by atoms with Gasteiger partial charge in [-0.3, -0.25) is 9.59 Å². The van der Waals surface area contributed by atoms with Gasteiger partial charge in [-0.1, -0.05) is 24.5 Å². The number of aromatic hydroxyl groups is 1. The van der Waals surface area contributed by atoms with E-state index in [1.165, 1.54) is 6.07 Å². The van der Waals surface area contributed by atoms with E-state index in [0.717, 1.165) is 18.4 Å². The molecule has 0 saturated heterocycles. The number of carbonyl (C=O) groups excluding carboxylic acids is 1. The molecule has 20 heavy (non-hydrogen) atoms. The summed E-state index contributed by atoms with van der Waals surface area (Å²) in [5.74, 6) is -1.41. The second kappa shape index (κ2) is 5.53. The number of carbonyl (C=O) groups is 2. The van der Waals surface area contributed by atoms with E-state index in [-0.39, 0.29) is 17.7 Å². The summed E-state index contributed by atoms with van der Waals surface area (Å²) in [7, 11) is 0. The molecule has 0 radical (unpaired) electrons. The van der Waals surface area contributed by atoms with Gasteiger partial charge in [0.1, 0.15) is 5.75 Å². The van der Waals surface area contributed by atoms with E-state index in [0.29, 0.717) is 12.8 Å². The first kappa shape index (κ1) is 14.4. The molecule has 1 fully saturated rings. The van der Waals surface area contributed by atoms with Crippen LogP contribution in [0.1, 0.15) is 48.0 Å². The Bertz CT molecular complexity index is 533. The number of carboxylic acid groups (broad SMARTS) is 1. The predicted octanol–water partition coefficient (Wildman–Crippen LogP) is 2.22. The Balaban J connectivity index is 2.20. The zero-order valence-electron chi connectivity index (χ0n) is 11.5. The van der Waals surface area contributed by atoms with Crippen LogP contribution in [0, 0.1) is 6.92 Å². The quantitative estimate of drug-likeness (QED) is 0.787. The van der Waals surface area contributed by atoms with Gasteiger partial charge in [0.2, 0.25) is 0 Å². The van der Waals surface area contributed by atoms with E-state index in [2.05, 4.69) is 5.32 Å². The molecule has 0 unspecified atom stereocenters. The van der Waals surface area contributed by atoms with Crippen molar-refractivity contribution in [3.05, 3.63) is 29.3 Å². The molecule has 0 aromatic heterocycles. The van der Waals surface area contributed by atoms with Crippen LogP contribution in [0.25, 0.3) is 0 Å². The highest BCUT2D eigenvalue weighted by molar-refractivity contribution is 5.97. The molecule has 0 heterocycles. The molecule has 1 aromatic rings. The van der Waals surface area contributed by atoms with Crippen molar-refractivity contribution in [3.8, 4) is 5.75 Å². The van der Waals surface area contributed by atoms with E-state index in [1.807, 2.05) is 6.92 Å². The third-order valence-corrected chi connectivity index (χ3v) is 3.83. The van der Waals surface area contributed by atoms with Gasteiger partial charge in [-0.15, -0.1) is 0 Å². The first-order valence-corrected chi connectivity index (χ1v) is 6.76. The Morgan fingerprint density at radius 3 is 2.55 bits per heavy atom. The lowest BCUT2D eigenvalue weighted by Crippen LogP contribution is -2.47. The maximum atomic E-state index is 12.3. The Hall–Kier alpha value is -2.04. The lowest BCUT2D eigenvalue weighted by Gasteiger charge is -2.28. The van der Waals surface area contributed by atoms with E-state index in [4.69, 9.17) is 5.11 Å². The minimum Gasteiger partial charge on any atom is -0.507 e. The van der Waals surface area contributed by atoms with Crippen molar-refractivity contribution in [1.29, 1.82) is 0 Å². The molecule has 1 aromatic carbocycles. The summed E-state index contributed by atoms with van der Waals surface area (Å²) in [6.45, 7) is 1.83. The van der Waals surface area contributed by atoms with Crippen molar-refractivity contribution in [3.63, 3.8) is 0 Å². The zero-order valence-corrected chi connectivity index (χ0v) is 11.5. The number of hydrogen-bond donors (Lipinski definition) is 3. The highest BCUT2D eigenvalue weighted by Crippen LogP contribution is 2.33. The summed E-state index contributed by atoms with van der Waals surface area (Å²) in [5, 5.41) is 21.6. The van der Waals surface area contributed by atoms with Crippen molar-refractivity contribution in [1.82, 2.24) is 5.32 Å². The van der Waals surface area contributed by atoms with Crippen LogP contribution in [0.15, 0.2) is 18.2 Å². The second-order valence-corrected chi connectivity index (χ2v) is 5.53. The number of amides is 1. The molecule has 108 valence electrons. The fourth-order valence-electron chi connectivity index (χ4n) is 2.83. The average molecular weight is 277 g/mol. The van der Waals surface area contributed by atoms with Crippen molar-refractivity contribution in [2.24, 2.45) is 0 Å². The molecule has 2 rings (SSSR count). The largest absolute Gasteiger partial charge is 0.507 e. The van der Waals surface area contributed by atoms with Crippen molar-refractivity contribution >= 4 is 11.9 Å². The Labute approximate surface area is 117 Å². The fraction of sp³-hybridized carbons (Fsp3) is 0.467. The van der Waals surface area contributed by atoms with Crippen molar-refractivity contribution in [2.75, 3.05) is 0 Å². The van der Waals surface area contributed by atoms with Gasteiger partial charge >= 0.3 is 5.97 Å². The van der Waals surface area contributed by atoms with Gasteiger partial charge in [0.05, 0.1) is 17.5 Å². The molecule has 1 aliphatic carbocycles. The number of aliphatic carboxylic acids is 1. The number of rotatable bonds is 4. The monoisotopic (exact) mass is 277 g/mol. The van der Waals surface area contributed by atoms with Crippen LogP contribution in [0.5, 0.6) is 5.75 Å². The highest BCUT2D eigenvalue weighted by Gasteiger charge is 2.37. The number of benzene rings is 1. The molecule has 3 N–H and O–H groups in total. The zero-order chi connectivity index (χ0) is 14.8. The third kappa shape index (κ3) is 3.10. The van der Waals surface area contributed by atoms with Gasteiger partial charge in [0, 0.05) is 0 Å². The van der Waals surface area contributed by atoms with Crippen LogP contribution in [0.4, 0.5) is 0 Å². The molecule has 5 nitrogen and oxygen atoms in total. The SMILES string of the molecule is Cc1ccc(O)c(C(=O)NC2(CC(=O)O)CCCC2)c1. The second-order valence-electron chi connectivity index (χ2n) is 5.53. The molecule has 0 aliphatic heterocycles. The van der Waals surface area contributed by atoms with Gasteiger partial charge in [0.25, 0.3) is 5.91 Å². The molecule has 5 heteroatoms. The number of aryl methyl sites for hydroxylation is 1. The standard InChI is InChI=1S/C15H19NO4/c1-10-4-5-12(17)11(8-10)14(20)16-15(9-13(18)19)6-2-3-7-15/h4-5,8,17H,2-3,6-7,9H2,1H3,(H,16,20)(H,18,19). The molecule has 1 saturated carbocycles. The van der Waals surface area contributed by atoms with E-state index in [9.17, 15) is 14.7 Å². The Morgan fingerprint density at radius 2 is 1.95 bits per heavy atom. The first-order valence-electron chi connectivity index (χ1n) is 6.76. The van der Waals surface area contributed by atoms with Crippen molar-refractivity contribution in [2.45, 2.75) is 44.6 Å². The average Bonchev–Trinajstić information content (AvgIpc) is 2.79. The molecule has 0 atom stereocenters. The van der Waals surface area contributed by atoms with Crippen LogP contribution < -0.4 is 5.32 Å². The smallest absolute Gasteiger partial charge is 0.305 e. The maximum absolute atomic E-state index is 12.3. The van der Waals surface area contributed by atoms with E-state index < -0.39 is 17.4 Å². The number of phenolic OH excluding ortho intramolecular Hbond substituents is 1. The van der Waals surface area contributed by atoms with Crippen LogP contribution in [0.2, 0.25) is 0 Å². The summed E-state index contributed by atoms with van der Waals surface area (Å²) in [6, 6.07) is 4.80. The normalized spacial score (nSPS) is 16.9. The number of phenols is 1. The molecule has 0 spiro atoms. The topological polar surface area (TPSA) is 86.6 Å². The minimum atomic E-state index is -0.916. The molecule has 1 aliphatic rings.